The summed E-state index contributed by atoms with van der Waals surface area (Å²) in [6.07, 6.45) is 0.167. The molecule has 1 aromatic carbocycles. The van der Waals surface area contributed by atoms with Crippen LogP contribution >= 0.6 is 0 Å². The van der Waals surface area contributed by atoms with Crippen molar-refractivity contribution in [3.8, 4) is 0 Å². The van der Waals surface area contributed by atoms with E-state index in [-0.39, 0.29) is 13.0 Å². The number of nitrogens with two attached hydrogens (primary N) is 1. The summed E-state index contributed by atoms with van der Waals surface area (Å²) in [6, 6.07) is 7.51. The topological polar surface area (TPSA) is 69.4 Å². The molecular weight excluding hydrogens is 194 g/mol. The largest absolute Gasteiger partial charge is 0.455 e. The summed E-state index contributed by atoms with van der Waals surface area (Å²) >= 11 is 0. The van der Waals surface area contributed by atoms with E-state index in [0.717, 1.165) is 11.1 Å². The molecule has 0 bridgehead atoms. The zero-order chi connectivity index (χ0) is 11.3. The van der Waals surface area contributed by atoms with Gasteiger partial charge in [0.05, 0.1) is 6.42 Å². The number of hydrogen-bond acceptors (Lipinski definition) is 3. The monoisotopic (exact) mass is 207 g/mol. The number of aryl methyl sites for hydroxylation is 1. The number of benzene rings is 1. The van der Waals surface area contributed by atoms with Crippen LogP contribution in [0.4, 0.5) is 0 Å². The average Bonchev–Trinajstić information content (AvgIpc) is 2.18. The number of amides is 1. The molecular formula is C11H13NO3. The van der Waals surface area contributed by atoms with E-state index in [0.29, 0.717) is 0 Å². The van der Waals surface area contributed by atoms with Crippen LogP contribution in [0.3, 0.4) is 0 Å². The van der Waals surface area contributed by atoms with E-state index in [1.807, 2.05) is 31.2 Å². The molecule has 0 aromatic heterocycles. The molecule has 0 heterocycles. The van der Waals surface area contributed by atoms with Crippen molar-refractivity contribution in [2.24, 2.45) is 5.73 Å². The fourth-order valence-electron chi connectivity index (χ4n) is 1.17. The highest BCUT2D eigenvalue weighted by Crippen LogP contribution is 2.08. The van der Waals surface area contributed by atoms with Gasteiger partial charge in [-0.3, -0.25) is 9.59 Å². The summed E-state index contributed by atoms with van der Waals surface area (Å²) in [6.45, 7) is 1.56. The molecule has 1 rings (SSSR count). The highest BCUT2D eigenvalue weighted by atomic mass is 16.5. The average molecular weight is 207 g/mol. The van der Waals surface area contributed by atoms with Gasteiger partial charge < -0.3 is 10.5 Å². The first-order valence-electron chi connectivity index (χ1n) is 4.58. The normalized spacial score (nSPS) is 9.67. The molecule has 0 aliphatic rings. The molecule has 0 atom stereocenters. The molecule has 0 unspecified atom stereocenters. The molecule has 0 aliphatic carbocycles. The Balaban J connectivity index is 2.52. The molecule has 0 spiro atoms. The van der Waals surface area contributed by atoms with Crippen molar-refractivity contribution in [2.75, 3.05) is 6.61 Å². The molecule has 0 saturated heterocycles. The van der Waals surface area contributed by atoms with Crippen LogP contribution in [0.15, 0.2) is 24.3 Å². The standard InChI is InChI=1S/C11H13NO3/c1-8-4-2-3-5-9(8)6-11(14)15-7-10(12)13/h2-5H,6-7H2,1H3,(H2,12,13). The van der Waals surface area contributed by atoms with E-state index >= 15 is 0 Å². The lowest BCUT2D eigenvalue weighted by Gasteiger charge is -2.04. The number of esters is 1. The van der Waals surface area contributed by atoms with Crippen LogP contribution in [-0.4, -0.2) is 18.5 Å². The Kier molecular flexibility index (Phi) is 3.85. The van der Waals surface area contributed by atoms with Gasteiger partial charge in [-0.1, -0.05) is 24.3 Å². The summed E-state index contributed by atoms with van der Waals surface area (Å²) in [7, 11) is 0. The molecule has 4 heteroatoms. The number of primary amides is 1. The molecule has 15 heavy (non-hydrogen) atoms. The molecule has 2 N–H and O–H groups in total. The van der Waals surface area contributed by atoms with Gasteiger partial charge >= 0.3 is 5.97 Å². The number of ether oxygens (including phenoxy) is 1. The minimum atomic E-state index is -0.645. The maximum Gasteiger partial charge on any atom is 0.310 e. The first kappa shape index (κ1) is 11.2. The lowest BCUT2D eigenvalue weighted by atomic mass is 10.1. The van der Waals surface area contributed by atoms with Crippen molar-refractivity contribution in [1.82, 2.24) is 0 Å². The molecule has 1 aromatic rings. The van der Waals surface area contributed by atoms with Gasteiger partial charge in [0, 0.05) is 0 Å². The summed E-state index contributed by atoms with van der Waals surface area (Å²) < 4.78 is 4.65. The summed E-state index contributed by atoms with van der Waals surface area (Å²) in [5, 5.41) is 0. The van der Waals surface area contributed by atoms with E-state index in [9.17, 15) is 9.59 Å². The van der Waals surface area contributed by atoms with Crippen LogP contribution in [0.25, 0.3) is 0 Å². The van der Waals surface area contributed by atoms with Crippen LogP contribution in [0.2, 0.25) is 0 Å². The number of carbonyl (C=O) groups excluding carboxylic acids is 2. The van der Waals surface area contributed by atoms with E-state index in [1.54, 1.807) is 0 Å². The van der Waals surface area contributed by atoms with Gasteiger partial charge in [0.1, 0.15) is 0 Å². The van der Waals surface area contributed by atoms with Gasteiger partial charge in [0.2, 0.25) is 0 Å². The minimum Gasteiger partial charge on any atom is -0.455 e. The molecule has 0 radical (unpaired) electrons. The fraction of sp³-hybridized carbons (Fsp3) is 0.273. The fourth-order valence-corrected chi connectivity index (χ4v) is 1.17. The SMILES string of the molecule is Cc1ccccc1CC(=O)OCC(N)=O. The Morgan fingerprint density at radius 3 is 2.60 bits per heavy atom. The van der Waals surface area contributed by atoms with Crippen molar-refractivity contribution in [2.45, 2.75) is 13.3 Å². The molecule has 1 amide bonds. The van der Waals surface area contributed by atoms with Crippen LogP contribution in [0, 0.1) is 6.92 Å². The predicted octanol–water partition coefficient (Wildman–Crippen LogP) is 0.566. The van der Waals surface area contributed by atoms with Crippen molar-refractivity contribution in [3.63, 3.8) is 0 Å². The maximum atomic E-state index is 11.2. The first-order valence-corrected chi connectivity index (χ1v) is 4.58. The third-order valence-electron chi connectivity index (χ3n) is 1.97. The van der Waals surface area contributed by atoms with E-state index < -0.39 is 11.9 Å². The summed E-state index contributed by atoms with van der Waals surface area (Å²) in [4.78, 5) is 21.6. The summed E-state index contributed by atoms with van der Waals surface area (Å²) in [5.74, 6) is -1.09. The Morgan fingerprint density at radius 1 is 1.33 bits per heavy atom. The molecule has 0 aliphatic heterocycles. The Morgan fingerprint density at radius 2 is 2.00 bits per heavy atom. The second kappa shape index (κ2) is 5.14. The van der Waals surface area contributed by atoms with Crippen molar-refractivity contribution in [3.05, 3.63) is 35.4 Å². The molecule has 0 fully saturated rings. The van der Waals surface area contributed by atoms with Crippen molar-refractivity contribution in [1.29, 1.82) is 0 Å². The van der Waals surface area contributed by atoms with Crippen LogP contribution < -0.4 is 5.73 Å². The maximum absolute atomic E-state index is 11.2. The van der Waals surface area contributed by atoms with E-state index in [1.165, 1.54) is 0 Å². The van der Waals surface area contributed by atoms with Crippen LogP contribution in [0.1, 0.15) is 11.1 Å². The lowest BCUT2D eigenvalue weighted by Crippen LogP contribution is -2.21. The third-order valence-corrected chi connectivity index (χ3v) is 1.97. The lowest BCUT2D eigenvalue weighted by molar-refractivity contribution is -0.147. The third kappa shape index (κ3) is 3.81. The zero-order valence-corrected chi connectivity index (χ0v) is 8.53. The van der Waals surface area contributed by atoms with E-state index in [2.05, 4.69) is 4.74 Å². The molecule has 0 saturated carbocycles. The minimum absolute atomic E-state index is 0.167. The molecule has 4 nitrogen and oxygen atoms in total. The second-order valence-electron chi connectivity index (χ2n) is 3.23. The Hall–Kier alpha value is -1.84. The molecule has 80 valence electrons. The zero-order valence-electron chi connectivity index (χ0n) is 8.53. The first-order chi connectivity index (χ1) is 7.09. The highest BCUT2D eigenvalue weighted by Gasteiger charge is 2.07. The predicted molar refractivity (Wildman–Crippen MR) is 55.0 cm³/mol. The number of rotatable bonds is 4. The van der Waals surface area contributed by atoms with Gasteiger partial charge in [-0.05, 0) is 18.1 Å². The quantitative estimate of drug-likeness (QED) is 0.733. The summed E-state index contributed by atoms with van der Waals surface area (Å²) in [5.41, 5.74) is 6.76. The van der Waals surface area contributed by atoms with Gasteiger partial charge in [0.15, 0.2) is 6.61 Å². The Bertz CT molecular complexity index is 374. The van der Waals surface area contributed by atoms with Crippen molar-refractivity contribution < 1.29 is 14.3 Å². The van der Waals surface area contributed by atoms with Crippen molar-refractivity contribution >= 4 is 11.9 Å². The number of hydrogen-bond donors (Lipinski definition) is 1. The smallest absolute Gasteiger partial charge is 0.310 e. The highest BCUT2D eigenvalue weighted by molar-refractivity contribution is 5.80. The Labute approximate surface area is 88.0 Å². The van der Waals surface area contributed by atoms with E-state index in [4.69, 9.17) is 5.73 Å². The van der Waals surface area contributed by atoms with Crippen LogP contribution in [0.5, 0.6) is 0 Å². The number of carbonyl (C=O) groups is 2. The van der Waals surface area contributed by atoms with Gasteiger partial charge in [-0.15, -0.1) is 0 Å². The second-order valence-corrected chi connectivity index (χ2v) is 3.23. The van der Waals surface area contributed by atoms with Gasteiger partial charge in [-0.2, -0.15) is 0 Å². The van der Waals surface area contributed by atoms with Gasteiger partial charge in [0.25, 0.3) is 5.91 Å². The van der Waals surface area contributed by atoms with Gasteiger partial charge in [-0.25, -0.2) is 0 Å². The van der Waals surface area contributed by atoms with Crippen LogP contribution in [-0.2, 0) is 20.7 Å².